The number of benzene rings is 1. The second-order valence-electron chi connectivity index (χ2n) is 6.85. The van der Waals surface area contributed by atoms with Gasteiger partial charge in [0.15, 0.2) is 0 Å². The monoisotopic (exact) mass is 274 g/mol. The molecule has 1 heterocycles. The molecule has 0 radical (unpaired) electrons. The fraction of sp³-hybridized carbons (Fsp3) is 0.667. The molecule has 1 fully saturated rings. The zero-order valence-electron chi connectivity index (χ0n) is 13.5. The summed E-state index contributed by atoms with van der Waals surface area (Å²) in [4.78, 5) is 2.71. The fourth-order valence-corrected chi connectivity index (χ4v) is 3.23. The molecule has 1 aromatic carbocycles. The van der Waals surface area contributed by atoms with Gasteiger partial charge in [0.05, 0.1) is 0 Å². The van der Waals surface area contributed by atoms with Crippen molar-refractivity contribution in [1.29, 1.82) is 0 Å². The Morgan fingerprint density at radius 1 is 1.30 bits per heavy atom. The summed E-state index contributed by atoms with van der Waals surface area (Å²) in [5, 5.41) is 3.71. The van der Waals surface area contributed by atoms with Crippen LogP contribution in [0.5, 0.6) is 0 Å². The van der Waals surface area contributed by atoms with Gasteiger partial charge < -0.3 is 5.32 Å². The minimum absolute atomic E-state index is 0.214. The Morgan fingerprint density at radius 2 is 2.00 bits per heavy atom. The number of nitrogens with zero attached hydrogens (tertiary/aromatic N) is 1. The maximum atomic E-state index is 3.71. The van der Waals surface area contributed by atoms with E-state index in [9.17, 15) is 0 Å². The van der Waals surface area contributed by atoms with Gasteiger partial charge in [-0.05, 0) is 32.8 Å². The van der Waals surface area contributed by atoms with Crippen molar-refractivity contribution >= 4 is 0 Å². The van der Waals surface area contributed by atoms with Crippen molar-refractivity contribution in [1.82, 2.24) is 10.2 Å². The van der Waals surface area contributed by atoms with Crippen LogP contribution in [0.1, 0.15) is 58.6 Å². The molecule has 1 aliphatic rings. The minimum Gasteiger partial charge on any atom is -0.309 e. The summed E-state index contributed by atoms with van der Waals surface area (Å²) in [7, 11) is 0. The molecule has 2 atom stereocenters. The van der Waals surface area contributed by atoms with Gasteiger partial charge in [-0.3, -0.25) is 4.90 Å². The van der Waals surface area contributed by atoms with Crippen LogP contribution >= 0.6 is 0 Å². The van der Waals surface area contributed by atoms with E-state index in [0.29, 0.717) is 12.1 Å². The van der Waals surface area contributed by atoms with Crippen LogP contribution in [0.4, 0.5) is 0 Å². The molecule has 0 aromatic heterocycles. The number of unbranched alkanes of at least 4 members (excludes halogenated alkanes) is 1. The zero-order valence-corrected chi connectivity index (χ0v) is 13.5. The van der Waals surface area contributed by atoms with Crippen molar-refractivity contribution in [3.05, 3.63) is 35.9 Å². The molecular weight excluding hydrogens is 244 g/mol. The maximum Gasteiger partial charge on any atom is 0.0476 e. The van der Waals surface area contributed by atoms with E-state index in [0.717, 1.165) is 13.1 Å². The summed E-state index contributed by atoms with van der Waals surface area (Å²) in [6, 6.07) is 12.1. The molecule has 2 unspecified atom stereocenters. The van der Waals surface area contributed by atoms with E-state index in [-0.39, 0.29) is 5.54 Å². The van der Waals surface area contributed by atoms with Crippen molar-refractivity contribution < 1.29 is 0 Å². The van der Waals surface area contributed by atoms with Gasteiger partial charge in [0.25, 0.3) is 0 Å². The lowest BCUT2D eigenvalue weighted by atomic mass is 9.92. The second-order valence-corrected chi connectivity index (χ2v) is 6.85. The SMILES string of the molecule is CCCCC(C)N1CC(C)(C)NCC1c1ccccc1. The van der Waals surface area contributed by atoms with E-state index < -0.39 is 0 Å². The molecule has 0 bridgehead atoms. The molecule has 112 valence electrons. The van der Waals surface area contributed by atoms with Crippen LogP contribution in [0.15, 0.2) is 30.3 Å². The molecule has 20 heavy (non-hydrogen) atoms. The largest absolute Gasteiger partial charge is 0.309 e. The smallest absolute Gasteiger partial charge is 0.0476 e. The van der Waals surface area contributed by atoms with E-state index in [1.165, 1.54) is 24.8 Å². The minimum atomic E-state index is 0.214. The van der Waals surface area contributed by atoms with Gasteiger partial charge in [-0.15, -0.1) is 0 Å². The van der Waals surface area contributed by atoms with Gasteiger partial charge in [-0.1, -0.05) is 50.1 Å². The molecule has 0 amide bonds. The molecular formula is C18H30N2. The lowest BCUT2D eigenvalue weighted by Crippen LogP contribution is -2.60. The first-order valence-electron chi connectivity index (χ1n) is 8.09. The Balaban J connectivity index is 2.16. The van der Waals surface area contributed by atoms with Crippen molar-refractivity contribution in [2.24, 2.45) is 0 Å². The summed E-state index contributed by atoms with van der Waals surface area (Å²) in [5.74, 6) is 0. The quantitative estimate of drug-likeness (QED) is 0.873. The van der Waals surface area contributed by atoms with Crippen LogP contribution < -0.4 is 5.32 Å². The molecule has 2 rings (SSSR count). The number of hydrogen-bond acceptors (Lipinski definition) is 2. The third-order valence-corrected chi connectivity index (χ3v) is 4.48. The fourth-order valence-electron chi connectivity index (χ4n) is 3.23. The van der Waals surface area contributed by atoms with Gasteiger partial charge in [-0.25, -0.2) is 0 Å². The number of rotatable bonds is 5. The summed E-state index contributed by atoms with van der Waals surface area (Å²) in [6.45, 7) is 11.5. The summed E-state index contributed by atoms with van der Waals surface area (Å²) < 4.78 is 0. The van der Waals surface area contributed by atoms with Gasteiger partial charge in [0, 0.05) is 30.7 Å². The Morgan fingerprint density at radius 3 is 2.65 bits per heavy atom. The van der Waals surface area contributed by atoms with E-state index in [1.807, 2.05) is 0 Å². The number of hydrogen-bond donors (Lipinski definition) is 1. The van der Waals surface area contributed by atoms with Crippen LogP contribution in [-0.2, 0) is 0 Å². The van der Waals surface area contributed by atoms with Crippen molar-refractivity contribution in [3.8, 4) is 0 Å². The topological polar surface area (TPSA) is 15.3 Å². The Bertz CT molecular complexity index is 399. The molecule has 0 spiro atoms. The van der Waals surface area contributed by atoms with Crippen LogP contribution in [0.2, 0.25) is 0 Å². The van der Waals surface area contributed by atoms with Crippen LogP contribution in [-0.4, -0.2) is 29.6 Å². The maximum absolute atomic E-state index is 3.71. The van der Waals surface area contributed by atoms with E-state index in [1.54, 1.807) is 0 Å². The summed E-state index contributed by atoms with van der Waals surface area (Å²) >= 11 is 0. The molecule has 2 heteroatoms. The van der Waals surface area contributed by atoms with Crippen molar-refractivity contribution in [3.63, 3.8) is 0 Å². The third kappa shape index (κ3) is 3.83. The highest BCUT2D eigenvalue weighted by Crippen LogP contribution is 2.30. The Kier molecular flexibility index (Phi) is 5.22. The zero-order chi connectivity index (χ0) is 14.6. The van der Waals surface area contributed by atoms with E-state index in [2.05, 4.69) is 68.2 Å². The number of nitrogens with one attached hydrogen (secondary N) is 1. The van der Waals surface area contributed by atoms with Gasteiger partial charge in [-0.2, -0.15) is 0 Å². The van der Waals surface area contributed by atoms with Crippen molar-refractivity contribution in [2.45, 2.75) is 64.6 Å². The highest BCUT2D eigenvalue weighted by atomic mass is 15.3. The average molecular weight is 274 g/mol. The summed E-state index contributed by atoms with van der Waals surface area (Å²) in [6.07, 6.45) is 3.92. The lowest BCUT2D eigenvalue weighted by Gasteiger charge is -2.47. The van der Waals surface area contributed by atoms with Gasteiger partial charge in [0.1, 0.15) is 0 Å². The Hall–Kier alpha value is -0.860. The number of piperazine rings is 1. The Labute approximate surface area is 124 Å². The first-order valence-corrected chi connectivity index (χ1v) is 8.09. The standard InChI is InChI=1S/C18H30N2/c1-5-6-10-15(2)20-14-18(3,4)19-13-17(20)16-11-8-7-9-12-16/h7-9,11-12,15,17,19H,5-6,10,13-14H2,1-4H3. The van der Waals surface area contributed by atoms with E-state index in [4.69, 9.17) is 0 Å². The molecule has 2 nitrogen and oxygen atoms in total. The molecule has 0 aliphatic carbocycles. The van der Waals surface area contributed by atoms with Crippen LogP contribution in [0.3, 0.4) is 0 Å². The average Bonchev–Trinajstić information content (AvgIpc) is 2.44. The molecule has 1 aliphatic heterocycles. The molecule has 1 aromatic rings. The summed E-state index contributed by atoms with van der Waals surface area (Å²) in [5.41, 5.74) is 1.66. The lowest BCUT2D eigenvalue weighted by molar-refractivity contribution is 0.0556. The van der Waals surface area contributed by atoms with Crippen LogP contribution in [0, 0.1) is 0 Å². The van der Waals surface area contributed by atoms with Gasteiger partial charge >= 0.3 is 0 Å². The highest BCUT2D eigenvalue weighted by molar-refractivity contribution is 5.21. The molecule has 0 saturated carbocycles. The molecule has 1 saturated heterocycles. The predicted octanol–water partition coefficient (Wildman–Crippen LogP) is 3.99. The predicted molar refractivity (Wildman–Crippen MR) is 87.0 cm³/mol. The highest BCUT2D eigenvalue weighted by Gasteiger charge is 2.35. The molecule has 1 N–H and O–H groups in total. The second kappa shape index (κ2) is 6.73. The first-order chi connectivity index (χ1) is 9.53. The van der Waals surface area contributed by atoms with Crippen molar-refractivity contribution in [2.75, 3.05) is 13.1 Å². The van der Waals surface area contributed by atoms with E-state index >= 15 is 0 Å². The first kappa shape index (κ1) is 15.5. The van der Waals surface area contributed by atoms with Gasteiger partial charge in [0.2, 0.25) is 0 Å². The third-order valence-electron chi connectivity index (χ3n) is 4.48. The normalized spacial score (nSPS) is 24.5. The van der Waals surface area contributed by atoms with Crippen LogP contribution in [0.25, 0.3) is 0 Å².